The molecular weight excluding hydrogens is 331 g/mol. The van der Waals surface area contributed by atoms with Crippen molar-refractivity contribution in [1.29, 1.82) is 0 Å². The standard InChI is InChI=1S/C20H23FN4O/c1-5-24(6-2)18(26)12-17-19(15-7-9-16(21)10-8-15)22-20-13(3)11-14(4)23-25(17)20/h7-11H,5-6,12H2,1-4H3. The van der Waals surface area contributed by atoms with E-state index >= 15 is 0 Å². The molecule has 1 amide bonds. The lowest BCUT2D eigenvalue weighted by Gasteiger charge is -2.18. The molecular formula is C20H23FN4O. The molecule has 0 spiro atoms. The highest BCUT2D eigenvalue weighted by molar-refractivity contribution is 5.81. The van der Waals surface area contributed by atoms with E-state index in [1.807, 2.05) is 33.8 Å². The minimum atomic E-state index is -0.302. The van der Waals surface area contributed by atoms with Crippen molar-refractivity contribution in [3.05, 3.63) is 53.1 Å². The molecule has 0 bridgehead atoms. The third-order valence-corrected chi connectivity index (χ3v) is 4.54. The van der Waals surface area contributed by atoms with Gasteiger partial charge in [0.05, 0.1) is 23.5 Å². The quantitative estimate of drug-likeness (QED) is 0.704. The van der Waals surface area contributed by atoms with Crippen LogP contribution in [-0.4, -0.2) is 38.5 Å². The Morgan fingerprint density at radius 1 is 1.15 bits per heavy atom. The van der Waals surface area contributed by atoms with Gasteiger partial charge in [0.15, 0.2) is 5.65 Å². The van der Waals surface area contributed by atoms with Gasteiger partial charge in [0.1, 0.15) is 5.82 Å². The highest BCUT2D eigenvalue weighted by atomic mass is 19.1. The lowest BCUT2D eigenvalue weighted by Crippen LogP contribution is -2.32. The molecule has 3 aromatic rings. The molecule has 0 aliphatic carbocycles. The maximum absolute atomic E-state index is 13.3. The van der Waals surface area contributed by atoms with E-state index in [1.54, 1.807) is 21.5 Å². The fraction of sp³-hybridized carbons (Fsp3) is 0.350. The zero-order valence-electron chi connectivity index (χ0n) is 15.6. The Hall–Kier alpha value is -2.76. The first-order chi connectivity index (χ1) is 12.4. The first-order valence-electron chi connectivity index (χ1n) is 8.84. The van der Waals surface area contributed by atoms with Gasteiger partial charge < -0.3 is 4.90 Å². The van der Waals surface area contributed by atoms with Crippen molar-refractivity contribution in [2.75, 3.05) is 13.1 Å². The zero-order chi connectivity index (χ0) is 18.8. The van der Waals surface area contributed by atoms with Crippen LogP contribution in [0, 0.1) is 19.7 Å². The number of likely N-dealkylation sites (N-methyl/N-ethyl adjacent to an activating group) is 1. The largest absolute Gasteiger partial charge is 0.343 e. The maximum Gasteiger partial charge on any atom is 0.228 e. The molecule has 5 nitrogen and oxygen atoms in total. The van der Waals surface area contributed by atoms with Crippen LogP contribution >= 0.6 is 0 Å². The van der Waals surface area contributed by atoms with Crippen molar-refractivity contribution in [2.24, 2.45) is 0 Å². The van der Waals surface area contributed by atoms with Gasteiger partial charge >= 0.3 is 0 Å². The number of rotatable bonds is 5. The molecule has 6 heteroatoms. The Morgan fingerprint density at radius 2 is 1.81 bits per heavy atom. The summed E-state index contributed by atoms with van der Waals surface area (Å²) in [6.07, 6.45) is 0.200. The van der Waals surface area contributed by atoms with Crippen molar-refractivity contribution in [1.82, 2.24) is 19.5 Å². The van der Waals surface area contributed by atoms with Crippen molar-refractivity contribution in [2.45, 2.75) is 34.1 Å². The van der Waals surface area contributed by atoms with Gasteiger partial charge in [0, 0.05) is 18.7 Å². The molecule has 0 atom stereocenters. The number of hydrogen-bond donors (Lipinski definition) is 0. The van der Waals surface area contributed by atoms with Gasteiger partial charge in [-0.15, -0.1) is 0 Å². The maximum atomic E-state index is 13.3. The van der Waals surface area contributed by atoms with Crippen LogP contribution in [0.5, 0.6) is 0 Å². The molecule has 0 saturated heterocycles. The summed E-state index contributed by atoms with van der Waals surface area (Å²) in [6, 6.07) is 8.14. The molecule has 0 fully saturated rings. The van der Waals surface area contributed by atoms with E-state index in [9.17, 15) is 9.18 Å². The summed E-state index contributed by atoms with van der Waals surface area (Å²) in [5, 5.41) is 4.57. The van der Waals surface area contributed by atoms with Crippen LogP contribution in [-0.2, 0) is 11.2 Å². The Balaban J connectivity index is 2.18. The fourth-order valence-electron chi connectivity index (χ4n) is 3.20. The predicted octanol–water partition coefficient (Wildman–Crippen LogP) is 3.56. The van der Waals surface area contributed by atoms with E-state index in [4.69, 9.17) is 4.98 Å². The average molecular weight is 354 g/mol. The van der Waals surface area contributed by atoms with Gasteiger partial charge in [-0.2, -0.15) is 5.10 Å². The Kier molecular flexibility index (Phi) is 5.02. The van der Waals surface area contributed by atoms with E-state index in [-0.39, 0.29) is 18.1 Å². The molecule has 2 aromatic heterocycles. The summed E-state index contributed by atoms with van der Waals surface area (Å²) in [6.45, 7) is 9.13. The second-order valence-electron chi connectivity index (χ2n) is 6.36. The van der Waals surface area contributed by atoms with Gasteiger partial charge in [0.2, 0.25) is 5.91 Å². The lowest BCUT2D eigenvalue weighted by atomic mass is 10.1. The number of carbonyl (C=O) groups excluding carboxylic acids is 1. The Morgan fingerprint density at radius 3 is 2.42 bits per heavy atom. The molecule has 3 rings (SSSR count). The van der Waals surface area contributed by atoms with Gasteiger partial charge in [-0.05, 0) is 63.6 Å². The lowest BCUT2D eigenvalue weighted by molar-refractivity contribution is -0.130. The number of aromatic nitrogens is 3. The minimum absolute atomic E-state index is 0.0288. The molecule has 0 aliphatic rings. The number of hydrogen-bond acceptors (Lipinski definition) is 3. The van der Waals surface area contributed by atoms with Gasteiger partial charge in [-0.3, -0.25) is 4.79 Å². The summed E-state index contributed by atoms with van der Waals surface area (Å²) < 4.78 is 15.1. The van der Waals surface area contributed by atoms with Crippen molar-refractivity contribution in [3.63, 3.8) is 0 Å². The van der Waals surface area contributed by atoms with Crippen molar-refractivity contribution in [3.8, 4) is 11.3 Å². The normalized spacial score (nSPS) is 11.1. The topological polar surface area (TPSA) is 50.5 Å². The van der Waals surface area contributed by atoms with Crippen LogP contribution in [0.1, 0.15) is 30.8 Å². The number of imidazole rings is 1. The molecule has 2 heterocycles. The third-order valence-electron chi connectivity index (χ3n) is 4.54. The Bertz CT molecular complexity index is 943. The van der Waals surface area contributed by atoms with Crippen molar-refractivity contribution < 1.29 is 9.18 Å². The highest BCUT2D eigenvalue weighted by Gasteiger charge is 2.21. The van der Waals surface area contributed by atoms with Crippen LogP contribution < -0.4 is 0 Å². The summed E-state index contributed by atoms with van der Waals surface area (Å²) in [4.78, 5) is 19.2. The van der Waals surface area contributed by atoms with Crippen LogP contribution in [0.2, 0.25) is 0 Å². The third kappa shape index (κ3) is 3.31. The Labute approximate surface area is 152 Å². The predicted molar refractivity (Wildman–Crippen MR) is 99.5 cm³/mol. The van der Waals surface area contributed by atoms with Crippen molar-refractivity contribution >= 4 is 11.6 Å². The molecule has 0 unspecified atom stereocenters. The van der Waals surface area contributed by atoms with E-state index in [0.717, 1.165) is 28.2 Å². The first-order valence-corrected chi connectivity index (χ1v) is 8.84. The summed E-state index contributed by atoms with van der Waals surface area (Å²) in [5.41, 5.74) is 4.74. The molecule has 136 valence electrons. The molecule has 1 aromatic carbocycles. The minimum Gasteiger partial charge on any atom is -0.343 e. The van der Waals surface area contributed by atoms with Crippen LogP contribution in [0.15, 0.2) is 30.3 Å². The molecule has 0 radical (unpaired) electrons. The molecule has 0 aliphatic heterocycles. The molecule has 26 heavy (non-hydrogen) atoms. The van der Waals surface area contributed by atoms with E-state index in [2.05, 4.69) is 5.10 Å². The first kappa shape index (κ1) is 18.0. The van der Waals surface area contributed by atoms with E-state index in [1.165, 1.54) is 12.1 Å². The number of aryl methyl sites for hydroxylation is 2. The molecule has 0 saturated carbocycles. The fourth-order valence-corrected chi connectivity index (χ4v) is 3.20. The number of nitrogens with zero attached hydrogens (tertiary/aromatic N) is 4. The number of fused-ring (bicyclic) bond motifs is 1. The number of halogens is 1. The highest BCUT2D eigenvalue weighted by Crippen LogP contribution is 2.26. The van der Waals surface area contributed by atoms with Crippen LogP contribution in [0.4, 0.5) is 4.39 Å². The van der Waals surface area contributed by atoms with Crippen LogP contribution in [0.25, 0.3) is 16.9 Å². The summed E-state index contributed by atoms with van der Waals surface area (Å²) in [7, 11) is 0. The second kappa shape index (κ2) is 7.23. The monoisotopic (exact) mass is 354 g/mol. The van der Waals surface area contributed by atoms with Crippen LogP contribution in [0.3, 0.4) is 0 Å². The smallest absolute Gasteiger partial charge is 0.228 e. The van der Waals surface area contributed by atoms with E-state index < -0.39 is 0 Å². The number of carbonyl (C=O) groups is 1. The van der Waals surface area contributed by atoms with Gasteiger partial charge in [-0.25, -0.2) is 13.9 Å². The van der Waals surface area contributed by atoms with E-state index in [0.29, 0.717) is 18.8 Å². The zero-order valence-corrected chi connectivity index (χ0v) is 15.6. The number of benzene rings is 1. The summed E-state index contributed by atoms with van der Waals surface area (Å²) >= 11 is 0. The molecule has 0 N–H and O–H groups in total. The average Bonchev–Trinajstić information content (AvgIpc) is 2.95. The summed E-state index contributed by atoms with van der Waals surface area (Å²) in [5.74, 6) is -0.274. The van der Waals surface area contributed by atoms with Gasteiger partial charge in [-0.1, -0.05) is 0 Å². The number of amides is 1. The second-order valence-corrected chi connectivity index (χ2v) is 6.36. The van der Waals surface area contributed by atoms with Gasteiger partial charge in [0.25, 0.3) is 0 Å². The SMILES string of the molecule is CCN(CC)C(=O)Cc1c(-c2ccc(F)cc2)nc2c(C)cc(C)nn12.